The normalized spacial score (nSPS) is 13.1. The molecule has 8 nitrogen and oxygen atoms in total. The van der Waals surface area contributed by atoms with Gasteiger partial charge >= 0.3 is 5.97 Å². The summed E-state index contributed by atoms with van der Waals surface area (Å²) in [5, 5.41) is 20.7. The zero-order chi connectivity index (χ0) is 15.7. The maximum absolute atomic E-state index is 11.8. The van der Waals surface area contributed by atoms with Crippen molar-refractivity contribution in [2.24, 2.45) is 11.7 Å². The minimum atomic E-state index is -1.14. The van der Waals surface area contributed by atoms with Crippen LogP contribution >= 0.6 is 0 Å². The van der Waals surface area contributed by atoms with Crippen molar-refractivity contribution in [3.63, 3.8) is 0 Å². The van der Waals surface area contributed by atoms with Gasteiger partial charge in [-0.3, -0.25) is 19.8 Å². The smallest absolute Gasteiger partial charge is 0.305 e. The lowest BCUT2D eigenvalue weighted by atomic mass is 10.0. The molecule has 8 heteroatoms. The molecule has 0 aliphatic carbocycles. The Kier molecular flexibility index (Phi) is 7.95. The Balaban J connectivity index is 4.18. The number of guanidine groups is 1. The molecule has 20 heavy (non-hydrogen) atoms. The molecule has 2 atom stereocenters. The first-order valence-electron chi connectivity index (χ1n) is 6.34. The third-order valence-corrected chi connectivity index (χ3v) is 2.76. The lowest BCUT2D eigenvalue weighted by Crippen LogP contribution is -2.43. The number of aliphatic carboxylic acids is 1. The van der Waals surface area contributed by atoms with E-state index in [4.69, 9.17) is 16.2 Å². The summed E-state index contributed by atoms with van der Waals surface area (Å²) in [6, 6.07) is -0.988. The van der Waals surface area contributed by atoms with Gasteiger partial charge in [-0.05, 0) is 19.8 Å². The van der Waals surface area contributed by atoms with Crippen LogP contribution in [0.2, 0.25) is 0 Å². The highest BCUT2D eigenvalue weighted by Crippen LogP contribution is 2.06. The van der Waals surface area contributed by atoms with Gasteiger partial charge < -0.3 is 21.5 Å². The van der Waals surface area contributed by atoms with Crippen molar-refractivity contribution in [3.8, 4) is 0 Å². The fourth-order valence-electron chi connectivity index (χ4n) is 1.55. The number of carboxylic acid groups (broad SMARTS) is 1. The molecule has 0 rings (SSSR count). The van der Waals surface area contributed by atoms with Crippen molar-refractivity contribution in [1.82, 2.24) is 10.6 Å². The molecule has 0 aliphatic rings. The van der Waals surface area contributed by atoms with Crippen LogP contribution in [0.4, 0.5) is 0 Å². The summed E-state index contributed by atoms with van der Waals surface area (Å²) in [4.78, 5) is 33.7. The zero-order valence-electron chi connectivity index (χ0n) is 11.7. The van der Waals surface area contributed by atoms with E-state index in [0.29, 0.717) is 19.4 Å². The molecule has 0 aromatic carbocycles. The van der Waals surface area contributed by atoms with Gasteiger partial charge in [-0.25, -0.2) is 0 Å². The van der Waals surface area contributed by atoms with Crippen LogP contribution in [-0.2, 0) is 14.4 Å². The number of carboxylic acids is 1. The van der Waals surface area contributed by atoms with Crippen molar-refractivity contribution < 1.29 is 19.5 Å². The van der Waals surface area contributed by atoms with E-state index in [1.54, 1.807) is 6.92 Å². The molecule has 0 fully saturated rings. The first-order valence-corrected chi connectivity index (χ1v) is 6.34. The largest absolute Gasteiger partial charge is 0.481 e. The highest BCUT2D eigenvalue weighted by Gasteiger charge is 2.22. The van der Waals surface area contributed by atoms with Crippen LogP contribution < -0.4 is 16.4 Å². The lowest BCUT2D eigenvalue weighted by Gasteiger charge is -2.17. The summed E-state index contributed by atoms with van der Waals surface area (Å²) >= 11 is 0. The van der Waals surface area contributed by atoms with Crippen LogP contribution in [0.5, 0.6) is 0 Å². The van der Waals surface area contributed by atoms with Gasteiger partial charge in [0.15, 0.2) is 11.7 Å². The fourth-order valence-corrected chi connectivity index (χ4v) is 1.55. The Morgan fingerprint density at radius 1 is 1.35 bits per heavy atom. The Bertz CT molecular complexity index is 384. The molecule has 0 aliphatic heterocycles. The van der Waals surface area contributed by atoms with E-state index in [1.807, 2.05) is 0 Å². The predicted octanol–water partition coefficient (Wildman–Crippen LogP) is -0.566. The molecule has 0 saturated carbocycles. The topological polar surface area (TPSA) is 145 Å². The molecule has 0 saturated heterocycles. The number of Topliss-reactive ketones (excluding diaryl/α,β-unsaturated/α-hetero) is 1. The van der Waals surface area contributed by atoms with Gasteiger partial charge in [-0.2, -0.15) is 0 Å². The van der Waals surface area contributed by atoms with Crippen molar-refractivity contribution >= 4 is 23.6 Å². The molecular formula is C12H22N4O4. The fraction of sp³-hybridized carbons (Fsp3) is 0.667. The Morgan fingerprint density at radius 3 is 2.40 bits per heavy atom. The molecule has 0 spiro atoms. The maximum Gasteiger partial charge on any atom is 0.305 e. The Hall–Kier alpha value is -2.12. The van der Waals surface area contributed by atoms with Crippen molar-refractivity contribution in [1.29, 1.82) is 5.41 Å². The van der Waals surface area contributed by atoms with Crippen LogP contribution in [0.3, 0.4) is 0 Å². The minimum Gasteiger partial charge on any atom is -0.481 e. The van der Waals surface area contributed by atoms with E-state index in [9.17, 15) is 14.4 Å². The molecule has 6 N–H and O–H groups in total. The molecule has 1 amide bonds. The summed E-state index contributed by atoms with van der Waals surface area (Å²) in [6.45, 7) is 3.43. The SMILES string of the molecule is CC(=O)[C@@H](CC(=O)O)NC(=O)[C@@H](C)CCCNC(=N)N. The van der Waals surface area contributed by atoms with Gasteiger partial charge in [0, 0.05) is 12.5 Å². The number of carbonyl (C=O) groups is 3. The van der Waals surface area contributed by atoms with Crippen LogP contribution in [0.15, 0.2) is 0 Å². The molecule has 0 bridgehead atoms. The molecule has 0 unspecified atom stereocenters. The molecule has 0 aromatic rings. The highest BCUT2D eigenvalue weighted by molar-refractivity contribution is 5.91. The third-order valence-electron chi connectivity index (χ3n) is 2.76. The van der Waals surface area contributed by atoms with Crippen LogP contribution in [0, 0.1) is 11.3 Å². The summed E-state index contributed by atoms with van der Waals surface area (Å²) in [6.07, 6.45) is 0.765. The van der Waals surface area contributed by atoms with Crippen LogP contribution in [0.25, 0.3) is 0 Å². The molecule has 0 aromatic heterocycles. The van der Waals surface area contributed by atoms with E-state index in [2.05, 4.69) is 10.6 Å². The average molecular weight is 286 g/mol. The quantitative estimate of drug-likeness (QED) is 0.218. The van der Waals surface area contributed by atoms with Gasteiger partial charge in [0.1, 0.15) is 0 Å². The van der Waals surface area contributed by atoms with Gasteiger partial charge in [0.05, 0.1) is 12.5 Å². The van der Waals surface area contributed by atoms with E-state index in [-0.39, 0.29) is 23.6 Å². The van der Waals surface area contributed by atoms with Crippen LogP contribution in [-0.4, -0.2) is 41.3 Å². The van der Waals surface area contributed by atoms with E-state index in [0.717, 1.165) is 0 Å². The number of hydrogen-bond acceptors (Lipinski definition) is 4. The van der Waals surface area contributed by atoms with E-state index >= 15 is 0 Å². The van der Waals surface area contributed by atoms with E-state index in [1.165, 1.54) is 6.92 Å². The number of amides is 1. The van der Waals surface area contributed by atoms with Crippen molar-refractivity contribution in [3.05, 3.63) is 0 Å². The van der Waals surface area contributed by atoms with Crippen LogP contribution in [0.1, 0.15) is 33.1 Å². The van der Waals surface area contributed by atoms with Crippen molar-refractivity contribution in [2.75, 3.05) is 6.54 Å². The molecule has 114 valence electrons. The van der Waals surface area contributed by atoms with Gasteiger partial charge in [-0.15, -0.1) is 0 Å². The highest BCUT2D eigenvalue weighted by atomic mass is 16.4. The maximum atomic E-state index is 11.8. The standard InChI is InChI=1S/C12H22N4O4/c1-7(4-3-5-15-12(13)14)11(20)16-9(8(2)17)6-10(18)19/h7,9H,3-6H2,1-2H3,(H,16,20)(H,18,19)(H4,13,14,15)/t7-,9+/m0/s1. The van der Waals surface area contributed by atoms with Gasteiger partial charge in [-0.1, -0.05) is 6.92 Å². The predicted molar refractivity (Wildman–Crippen MR) is 73.2 cm³/mol. The monoisotopic (exact) mass is 286 g/mol. The third kappa shape index (κ3) is 8.06. The number of nitrogens with one attached hydrogen (secondary N) is 3. The summed E-state index contributed by atoms with van der Waals surface area (Å²) < 4.78 is 0. The van der Waals surface area contributed by atoms with Gasteiger partial charge in [0.25, 0.3) is 0 Å². The van der Waals surface area contributed by atoms with Gasteiger partial charge in [0.2, 0.25) is 5.91 Å². The molecule has 0 heterocycles. The Morgan fingerprint density at radius 2 is 1.95 bits per heavy atom. The average Bonchev–Trinajstić information content (AvgIpc) is 2.32. The molecule has 0 radical (unpaired) electrons. The first kappa shape index (κ1) is 17.9. The second kappa shape index (κ2) is 8.89. The lowest BCUT2D eigenvalue weighted by molar-refractivity contribution is -0.140. The second-order valence-electron chi connectivity index (χ2n) is 4.65. The first-order chi connectivity index (χ1) is 9.23. The number of nitrogens with two attached hydrogens (primary N) is 1. The number of carbonyl (C=O) groups excluding carboxylic acids is 2. The van der Waals surface area contributed by atoms with E-state index < -0.39 is 18.4 Å². The summed E-state index contributed by atoms with van der Waals surface area (Å²) in [7, 11) is 0. The molecular weight excluding hydrogens is 264 g/mol. The Labute approximate surface area is 117 Å². The number of hydrogen-bond donors (Lipinski definition) is 5. The van der Waals surface area contributed by atoms with Crippen molar-refractivity contribution in [2.45, 2.75) is 39.2 Å². The number of rotatable bonds is 9. The summed E-state index contributed by atoms with van der Waals surface area (Å²) in [5.74, 6) is -2.34. The second-order valence-corrected chi connectivity index (χ2v) is 4.65. The minimum absolute atomic E-state index is 0.125. The summed E-state index contributed by atoms with van der Waals surface area (Å²) in [5.41, 5.74) is 5.11. The zero-order valence-corrected chi connectivity index (χ0v) is 11.7. The number of ketones is 1.